The minimum Gasteiger partial charge on any atom is -0.387 e. The van der Waals surface area contributed by atoms with Gasteiger partial charge in [0.05, 0.1) is 0 Å². The lowest BCUT2D eigenvalue weighted by Crippen LogP contribution is -2.56. The SMILES string of the molecule is CO[C@@H](C(=O)NC1CSCCN(Cc2cc(F)cc(F)c2)C1=O)[C@H](O)[C@@H](O)[C@H](O)/C=C/C(C)(C)C. The third-order valence-electron chi connectivity index (χ3n) is 5.33. The molecule has 1 unspecified atom stereocenters. The molecule has 1 aromatic carbocycles. The van der Waals surface area contributed by atoms with Gasteiger partial charge in [-0.2, -0.15) is 11.8 Å². The smallest absolute Gasteiger partial charge is 0.252 e. The number of carbonyl (C=O) groups is 2. The maximum Gasteiger partial charge on any atom is 0.252 e. The molecule has 4 N–H and O–H groups in total. The second-order valence-electron chi connectivity index (χ2n) is 9.53. The van der Waals surface area contributed by atoms with Crippen LogP contribution in [0.15, 0.2) is 30.4 Å². The summed E-state index contributed by atoms with van der Waals surface area (Å²) in [5, 5.41) is 33.6. The van der Waals surface area contributed by atoms with Crippen molar-refractivity contribution >= 4 is 23.6 Å². The Morgan fingerprint density at radius 2 is 1.86 bits per heavy atom. The van der Waals surface area contributed by atoms with Crippen molar-refractivity contribution in [1.82, 2.24) is 10.2 Å². The number of amides is 2. The van der Waals surface area contributed by atoms with Crippen molar-refractivity contribution in [3.8, 4) is 0 Å². The largest absolute Gasteiger partial charge is 0.387 e. The van der Waals surface area contributed by atoms with E-state index in [2.05, 4.69) is 5.32 Å². The van der Waals surface area contributed by atoms with Crippen LogP contribution in [0.1, 0.15) is 26.3 Å². The quantitative estimate of drug-likeness (QED) is 0.365. The van der Waals surface area contributed by atoms with E-state index in [0.29, 0.717) is 12.3 Å². The van der Waals surface area contributed by atoms with Crippen LogP contribution in [0.4, 0.5) is 8.78 Å². The molecule has 5 atom stereocenters. The minimum absolute atomic E-state index is 0.0399. The average Bonchev–Trinajstić information content (AvgIpc) is 2.92. The van der Waals surface area contributed by atoms with Gasteiger partial charge in [0.25, 0.3) is 5.91 Å². The van der Waals surface area contributed by atoms with Crippen LogP contribution >= 0.6 is 11.8 Å². The van der Waals surface area contributed by atoms with Gasteiger partial charge in [-0.25, -0.2) is 8.78 Å². The fraction of sp³-hybridized carbons (Fsp3) is 0.583. The van der Waals surface area contributed by atoms with Crippen molar-refractivity contribution in [2.75, 3.05) is 25.2 Å². The molecular weight excluding hydrogens is 482 g/mol. The Labute approximate surface area is 208 Å². The Morgan fingerprint density at radius 3 is 2.43 bits per heavy atom. The molecule has 1 aliphatic rings. The third-order valence-corrected chi connectivity index (χ3v) is 6.37. The molecule has 35 heavy (non-hydrogen) atoms. The van der Waals surface area contributed by atoms with Crippen molar-refractivity contribution in [2.45, 2.75) is 57.8 Å². The summed E-state index contributed by atoms with van der Waals surface area (Å²) in [4.78, 5) is 27.3. The fourth-order valence-corrected chi connectivity index (χ4v) is 4.48. The number of hydrogen-bond acceptors (Lipinski definition) is 7. The van der Waals surface area contributed by atoms with Crippen molar-refractivity contribution in [1.29, 1.82) is 0 Å². The lowest BCUT2D eigenvalue weighted by molar-refractivity contribution is -0.151. The summed E-state index contributed by atoms with van der Waals surface area (Å²) in [5.74, 6) is -2.01. The molecule has 1 heterocycles. The molecule has 11 heteroatoms. The van der Waals surface area contributed by atoms with E-state index in [1.165, 1.54) is 22.7 Å². The number of hydrogen-bond donors (Lipinski definition) is 4. The zero-order chi connectivity index (χ0) is 26.3. The van der Waals surface area contributed by atoms with Gasteiger partial charge in [0.1, 0.15) is 36.0 Å². The van der Waals surface area contributed by atoms with Gasteiger partial charge in [-0.05, 0) is 23.1 Å². The normalized spacial score (nSPS) is 20.9. The number of allylic oxidation sites excluding steroid dienone is 1. The summed E-state index contributed by atoms with van der Waals surface area (Å²) >= 11 is 1.41. The molecule has 1 aromatic rings. The monoisotopic (exact) mass is 516 g/mol. The van der Waals surface area contributed by atoms with E-state index in [1.807, 2.05) is 20.8 Å². The summed E-state index contributed by atoms with van der Waals surface area (Å²) in [6.45, 7) is 5.94. The maximum atomic E-state index is 13.6. The number of aliphatic hydroxyl groups is 3. The van der Waals surface area contributed by atoms with Gasteiger partial charge in [0.15, 0.2) is 6.10 Å². The van der Waals surface area contributed by atoms with Crippen molar-refractivity contribution in [3.63, 3.8) is 0 Å². The predicted octanol–water partition coefficient (Wildman–Crippen LogP) is 1.22. The second kappa shape index (κ2) is 12.8. The number of nitrogens with one attached hydrogen (secondary N) is 1. The molecule has 0 aliphatic carbocycles. The van der Waals surface area contributed by atoms with Crippen LogP contribution in [0.3, 0.4) is 0 Å². The average molecular weight is 517 g/mol. The topological polar surface area (TPSA) is 119 Å². The molecular formula is C24H34F2N2O6S. The minimum atomic E-state index is -1.78. The Balaban J connectivity index is 2.08. The highest BCUT2D eigenvalue weighted by Gasteiger charge is 2.38. The number of ether oxygens (including phenoxy) is 1. The number of halogens is 2. The zero-order valence-corrected chi connectivity index (χ0v) is 21.1. The van der Waals surface area contributed by atoms with Gasteiger partial charge >= 0.3 is 0 Å². The van der Waals surface area contributed by atoms with Crippen LogP contribution in [-0.4, -0.2) is 87.7 Å². The van der Waals surface area contributed by atoms with Crippen LogP contribution in [0.2, 0.25) is 0 Å². The molecule has 1 saturated heterocycles. The first-order valence-corrected chi connectivity index (χ1v) is 12.4. The highest BCUT2D eigenvalue weighted by Crippen LogP contribution is 2.19. The van der Waals surface area contributed by atoms with Gasteiger partial charge in [-0.1, -0.05) is 32.9 Å². The Kier molecular flexibility index (Phi) is 10.6. The van der Waals surface area contributed by atoms with Crippen molar-refractivity contribution in [2.24, 2.45) is 5.41 Å². The molecule has 1 fully saturated rings. The van der Waals surface area contributed by atoms with E-state index >= 15 is 0 Å². The number of thioether (sulfide) groups is 1. The first kappa shape index (κ1) is 29.2. The van der Waals surface area contributed by atoms with E-state index in [4.69, 9.17) is 4.74 Å². The predicted molar refractivity (Wildman–Crippen MR) is 128 cm³/mol. The van der Waals surface area contributed by atoms with E-state index < -0.39 is 53.9 Å². The molecule has 0 radical (unpaired) electrons. The van der Waals surface area contributed by atoms with Gasteiger partial charge in [-0.3, -0.25) is 9.59 Å². The van der Waals surface area contributed by atoms with Crippen molar-refractivity contribution in [3.05, 3.63) is 47.5 Å². The molecule has 0 aromatic heterocycles. The summed E-state index contributed by atoms with van der Waals surface area (Å²) in [6.07, 6.45) is -3.52. The molecule has 2 amide bonds. The Hall–Kier alpha value is -2.05. The first-order chi connectivity index (χ1) is 16.3. The van der Waals surface area contributed by atoms with Crippen molar-refractivity contribution < 1.29 is 38.4 Å². The third kappa shape index (κ3) is 8.84. The first-order valence-electron chi connectivity index (χ1n) is 11.2. The zero-order valence-electron chi connectivity index (χ0n) is 20.3. The number of carbonyl (C=O) groups excluding carboxylic acids is 2. The number of methoxy groups -OCH3 is 1. The number of rotatable bonds is 9. The standard InChI is InChI=1S/C24H34F2N2O6S/c1-24(2,3)6-5-18(29)19(30)20(31)21(34-4)22(32)27-17-13-35-8-7-28(23(17)33)12-14-9-15(25)11-16(26)10-14/h5-6,9-11,17-21,29-31H,7-8,12-13H2,1-4H3,(H,27,32)/b6-5+/t17?,18-,19+,20-,21-/m1/s1. The van der Waals surface area contributed by atoms with Crippen LogP contribution < -0.4 is 5.32 Å². The molecule has 0 saturated carbocycles. The van der Waals surface area contributed by atoms with Crippen LogP contribution in [0.25, 0.3) is 0 Å². The molecule has 8 nitrogen and oxygen atoms in total. The maximum absolute atomic E-state index is 13.6. The number of aliphatic hydroxyl groups excluding tert-OH is 3. The lowest BCUT2D eigenvalue weighted by Gasteiger charge is -2.29. The highest BCUT2D eigenvalue weighted by atomic mass is 32.2. The molecule has 2 rings (SSSR count). The highest BCUT2D eigenvalue weighted by molar-refractivity contribution is 7.99. The van der Waals surface area contributed by atoms with Crippen LogP contribution in [-0.2, 0) is 20.9 Å². The summed E-state index contributed by atoms with van der Waals surface area (Å²) < 4.78 is 32.2. The molecule has 1 aliphatic heterocycles. The second-order valence-corrected chi connectivity index (χ2v) is 10.7. The molecule has 0 bridgehead atoms. The van der Waals surface area contributed by atoms with Gasteiger partial charge < -0.3 is 30.3 Å². The number of benzene rings is 1. The Morgan fingerprint density at radius 1 is 1.23 bits per heavy atom. The molecule has 196 valence electrons. The van der Waals surface area contributed by atoms with E-state index in [0.717, 1.165) is 25.3 Å². The Bertz CT molecular complexity index is 890. The number of nitrogens with zero attached hydrogens (tertiary/aromatic N) is 1. The van der Waals surface area contributed by atoms with E-state index in [1.54, 1.807) is 6.08 Å². The van der Waals surface area contributed by atoms with E-state index in [-0.39, 0.29) is 23.3 Å². The fourth-order valence-electron chi connectivity index (χ4n) is 3.50. The van der Waals surface area contributed by atoms with Gasteiger partial charge in [0.2, 0.25) is 5.91 Å². The van der Waals surface area contributed by atoms with Crippen LogP contribution in [0, 0.1) is 17.0 Å². The summed E-state index contributed by atoms with van der Waals surface area (Å²) in [6, 6.07) is 2.04. The van der Waals surface area contributed by atoms with Crippen LogP contribution in [0.5, 0.6) is 0 Å². The van der Waals surface area contributed by atoms with Gasteiger partial charge in [-0.15, -0.1) is 0 Å². The van der Waals surface area contributed by atoms with Gasteiger partial charge in [0, 0.05) is 37.8 Å². The lowest BCUT2D eigenvalue weighted by atomic mass is 9.94. The molecule has 0 spiro atoms. The summed E-state index contributed by atoms with van der Waals surface area (Å²) in [7, 11) is 1.16. The summed E-state index contributed by atoms with van der Waals surface area (Å²) in [5.41, 5.74) is 0.00289. The van der Waals surface area contributed by atoms with E-state index in [9.17, 15) is 33.7 Å².